The fraction of sp³-hybridized carbons (Fsp3) is 0.333. The van der Waals surface area contributed by atoms with E-state index < -0.39 is 6.10 Å². The standard InChI is InChI=1S/C9H10O3/c10-7-4-6-2-1-3-8(11)9(6)12-5-7/h1-3,7,10-11H,4-5H2. The van der Waals surface area contributed by atoms with Crippen molar-refractivity contribution in [3.63, 3.8) is 0 Å². The number of fused-ring (bicyclic) bond motifs is 1. The Balaban J connectivity index is 2.42. The van der Waals surface area contributed by atoms with Gasteiger partial charge in [0.2, 0.25) is 0 Å². The zero-order valence-corrected chi connectivity index (χ0v) is 6.53. The number of aliphatic hydroxyl groups excluding tert-OH is 1. The highest BCUT2D eigenvalue weighted by Crippen LogP contribution is 2.33. The maximum Gasteiger partial charge on any atom is 0.164 e. The van der Waals surface area contributed by atoms with Crippen LogP contribution in [0.3, 0.4) is 0 Å². The van der Waals surface area contributed by atoms with Gasteiger partial charge in [-0.25, -0.2) is 0 Å². The van der Waals surface area contributed by atoms with Gasteiger partial charge < -0.3 is 14.9 Å². The number of rotatable bonds is 0. The van der Waals surface area contributed by atoms with Crippen LogP contribution in [0.1, 0.15) is 5.56 Å². The highest BCUT2D eigenvalue weighted by molar-refractivity contribution is 5.46. The molecule has 3 nitrogen and oxygen atoms in total. The van der Waals surface area contributed by atoms with Crippen molar-refractivity contribution in [1.82, 2.24) is 0 Å². The van der Waals surface area contributed by atoms with E-state index in [9.17, 15) is 10.2 Å². The van der Waals surface area contributed by atoms with Gasteiger partial charge in [0, 0.05) is 12.0 Å². The summed E-state index contributed by atoms with van der Waals surface area (Å²) in [6, 6.07) is 5.17. The molecule has 0 amide bonds. The summed E-state index contributed by atoms with van der Waals surface area (Å²) in [7, 11) is 0. The summed E-state index contributed by atoms with van der Waals surface area (Å²) in [6.07, 6.45) is 0.114. The van der Waals surface area contributed by atoms with Crippen molar-refractivity contribution in [2.24, 2.45) is 0 Å². The number of aromatic hydroxyl groups is 1. The van der Waals surface area contributed by atoms with Crippen molar-refractivity contribution in [2.45, 2.75) is 12.5 Å². The minimum absolute atomic E-state index is 0.152. The molecule has 2 N–H and O–H groups in total. The smallest absolute Gasteiger partial charge is 0.164 e. The number of hydrogen-bond acceptors (Lipinski definition) is 3. The van der Waals surface area contributed by atoms with Crippen molar-refractivity contribution in [1.29, 1.82) is 0 Å². The molecule has 0 saturated heterocycles. The molecule has 0 fully saturated rings. The molecule has 64 valence electrons. The minimum Gasteiger partial charge on any atom is -0.504 e. The van der Waals surface area contributed by atoms with Crippen LogP contribution in [0.4, 0.5) is 0 Å². The van der Waals surface area contributed by atoms with Crippen molar-refractivity contribution in [3.05, 3.63) is 23.8 Å². The van der Waals surface area contributed by atoms with Crippen LogP contribution in [0, 0.1) is 0 Å². The van der Waals surface area contributed by atoms with Gasteiger partial charge in [0.1, 0.15) is 6.61 Å². The van der Waals surface area contributed by atoms with Gasteiger partial charge in [0.05, 0.1) is 6.10 Å². The Morgan fingerprint density at radius 3 is 3.08 bits per heavy atom. The van der Waals surface area contributed by atoms with Crippen LogP contribution in [0.15, 0.2) is 18.2 Å². The fourth-order valence-corrected chi connectivity index (χ4v) is 1.39. The molecule has 0 bridgehead atoms. The molecule has 12 heavy (non-hydrogen) atoms. The lowest BCUT2D eigenvalue weighted by Gasteiger charge is -2.21. The van der Waals surface area contributed by atoms with Crippen LogP contribution in [0.5, 0.6) is 11.5 Å². The van der Waals surface area contributed by atoms with E-state index in [1.807, 2.05) is 6.07 Å². The summed E-state index contributed by atoms with van der Waals surface area (Å²) in [4.78, 5) is 0. The van der Waals surface area contributed by atoms with Gasteiger partial charge >= 0.3 is 0 Å². The third-order valence-corrected chi connectivity index (χ3v) is 1.95. The molecule has 1 aliphatic rings. The van der Waals surface area contributed by atoms with Gasteiger partial charge in [-0.15, -0.1) is 0 Å². The van der Waals surface area contributed by atoms with Crippen molar-refractivity contribution >= 4 is 0 Å². The average Bonchev–Trinajstić information content (AvgIpc) is 2.04. The molecule has 3 heteroatoms. The second-order valence-electron chi connectivity index (χ2n) is 2.93. The first kappa shape index (κ1) is 7.43. The average molecular weight is 166 g/mol. The van der Waals surface area contributed by atoms with Crippen molar-refractivity contribution < 1.29 is 14.9 Å². The zero-order valence-electron chi connectivity index (χ0n) is 6.53. The Labute approximate surface area is 70.2 Å². The maximum absolute atomic E-state index is 9.34. The lowest BCUT2D eigenvalue weighted by Crippen LogP contribution is -2.25. The number of phenols is 1. The molecule has 2 rings (SSSR count). The topological polar surface area (TPSA) is 49.7 Å². The van der Waals surface area contributed by atoms with E-state index in [0.29, 0.717) is 12.2 Å². The van der Waals surface area contributed by atoms with Crippen molar-refractivity contribution in [3.8, 4) is 11.5 Å². The first-order valence-electron chi connectivity index (χ1n) is 3.89. The summed E-state index contributed by atoms with van der Waals surface area (Å²) >= 11 is 0. The lowest BCUT2D eigenvalue weighted by atomic mass is 10.0. The molecule has 1 aromatic carbocycles. The Bertz CT molecular complexity index is 296. The van der Waals surface area contributed by atoms with Gasteiger partial charge in [-0.2, -0.15) is 0 Å². The monoisotopic (exact) mass is 166 g/mol. The molecule has 0 radical (unpaired) electrons. The SMILES string of the molecule is Oc1cccc2c1OCC(O)C2. The molecule has 0 aliphatic carbocycles. The third-order valence-electron chi connectivity index (χ3n) is 1.95. The number of benzene rings is 1. The largest absolute Gasteiger partial charge is 0.504 e. The highest BCUT2D eigenvalue weighted by Gasteiger charge is 2.19. The molecule has 1 unspecified atom stereocenters. The van der Waals surface area contributed by atoms with E-state index in [0.717, 1.165) is 5.56 Å². The second-order valence-corrected chi connectivity index (χ2v) is 2.93. The molecule has 1 heterocycles. The van der Waals surface area contributed by atoms with E-state index in [2.05, 4.69) is 0 Å². The summed E-state index contributed by atoms with van der Waals surface area (Å²) < 4.78 is 5.17. The fourth-order valence-electron chi connectivity index (χ4n) is 1.39. The molecular formula is C9H10O3. The van der Waals surface area contributed by atoms with Gasteiger partial charge in [0.15, 0.2) is 11.5 Å². The summed E-state index contributed by atoms with van der Waals surface area (Å²) in [5.74, 6) is 0.669. The number of phenolic OH excluding ortho intramolecular Hbond substituents is 1. The van der Waals surface area contributed by atoms with Crippen LogP contribution in [0.2, 0.25) is 0 Å². The number of para-hydroxylation sites is 1. The Hall–Kier alpha value is -1.22. The molecule has 1 aliphatic heterocycles. The summed E-state index contributed by atoms with van der Waals surface area (Å²) in [5, 5.41) is 18.6. The van der Waals surface area contributed by atoms with E-state index >= 15 is 0 Å². The van der Waals surface area contributed by atoms with E-state index in [4.69, 9.17) is 4.74 Å². The van der Waals surface area contributed by atoms with Crippen LogP contribution in [-0.2, 0) is 6.42 Å². The Morgan fingerprint density at radius 2 is 2.25 bits per heavy atom. The number of aliphatic hydroxyl groups is 1. The molecule has 0 spiro atoms. The molecule has 0 aromatic heterocycles. The van der Waals surface area contributed by atoms with E-state index in [1.165, 1.54) is 0 Å². The van der Waals surface area contributed by atoms with Crippen molar-refractivity contribution in [2.75, 3.05) is 6.61 Å². The number of ether oxygens (including phenoxy) is 1. The van der Waals surface area contributed by atoms with Crippen LogP contribution >= 0.6 is 0 Å². The molecule has 0 saturated carbocycles. The lowest BCUT2D eigenvalue weighted by molar-refractivity contribution is 0.0900. The summed E-state index contributed by atoms with van der Waals surface area (Å²) in [5.41, 5.74) is 0.869. The van der Waals surface area contributed by atoms with E-state index in [-0.39, 0.29) is 12.4 Å². The Morgan fingerprint density at radius 1 is 1.42 bits per heavy atom. The number of hydrogen-bond donors (Lipinski definition) is 2. The van der Waals surface area contributed by atoms with Gasteiger partial charge in [-0.3, -0.25) is 0 Å². The normalized spacial score (nSPS) is 21.2. The molecule has 1 aromatic rings. The minimum atomic E-state index is -0.445. The summed E-state index contributed by atoms with van der Waals surface area (Å²) in [6.45, 7) is 0.268. The quantitative estimate of drug-likeness (QED) is 0.596. The van der Waals surface area contributed by atoms with E-state index in [1.54, 1.807) is 12.1 Å². The highest BCUT2D eigenvalue weighted by atomic mass is 16.5. The zero-order chi connectivity index (χ0) is 8.55. The third kappa shape index (κ3) is 1.12. The van der Waals surface area contributed by atoms with Gasteiger partial charge in [-0.05, 0) is 6.07 Å². The molecular weight excluding hydrogens is 156 g/mol. The molecule has 1 atom stereocenters. The second kappa shape index (κ2) is 2.68. The van der Waals surface area contributed by atoms with Crippen LogP contribution < -0.4 is 4.74 Å². The first-order chi connectivity index (χ1) is 5.77. The Kier molecular flexibility index (Phi) is 1.66. The maximum atomic E-state index is 9.34. The van der Waals surface area contributed by atoms with Gasteiger partial charge in [0.25, 0.3) is 0 Å². The van der Waals surface area contributed by atoms with Crippen LogP contribution in [0.25, 0.3) is 0 Å². The van der Waals surface area contributed by atoms with Crippen LogP contribution in [-0.4, -0.2) is 22.9 Å². The predicted octanol–water partition coefficient (Wildman–Crippen LogP) is 0.688. The first-order valence-corrected chi connectivity index (χ1v) is 3.89. The predicted molar refractivity (Wildman–Crippen MR) is 43.3 cm³/mol. The van der Waals surface area contributed by atoms with Gasteiger partial charge in [-0.1, -0.05) is 12.1 Å².